The first-order chi connectivity index (χ1) is 16.6. The van der Waals surface area contributed by atoms with E-state index in [-0.39, 0.29) is 18.0 Å². The minimum atomic E-state index is -3.59. The zero-order valence-electron chi connectivity index (χ0n) is 21.5. The van der Waals surface area contributed by atoms with Crippen LogP contribution in [0.4, 0.5) is 16.2 Å². The second-order valence-electron chi connectivity index (χ2n) is 10.1. The minimum absolute atomic E-state index is 0.00450. The summed E-state index contributed by atoms with van der Waals surface area (Å²) in [5.41, 5.74) is 0.800. The highest BCUT2D eigenvalue weighted by Gasteiger charge is 2.39. The first kappa shape index (κ1) is 27.6. The molecule has 0 radical (unpaired) electrons. The van der Waals surface area contributed by atoms with E-state index >= 15 is 0 Å². The number of nitrogens with one attached hydrogen (secondary N) is 2. The lowest BCUT2D eigenvalue weighted by atomic mass is 9.93. The van der Waals surface area contributed by atoms with Gasteiger partial charge in [-0.25, -0.2) is 13.2 Å². The van der Waals surface area contributed by atoms with Crippen LogP contribution in [0.2, 0.25) is 0 Å². The van der Waals surface area contributed by atoms with Gasteiger partial charge < -0.3 is 25.0 Å². The number of methoxy groups -OCH3 is 1. The number of benzene rings is 2. The van der Waals surface area contributed by atoms with Crippen LogP contribution in [0.25, 0.3) is 0 Å². The van der Waals surface area contributed by atoms with Gasteiger partial charge in [-0.3, -0.25) is 9.62 Å². The van der Waals surface area contributed by atoms with Gasteiger partial charge in [0.25, 0.3) is 0 Å². The fourth-order valence-electron chi connectivity index (χ4n) is 4.01. The second kappa shape index (κ2) is 10.2. The number of fused-ring (bicyclic) bond motifs is 1. The molecule has 2 aromatic rings. The zero-order chi connectivity index (χ0) is 26.9. The number of aromatic hydroxyl groups is 1. The molecule has 4 N–H and O–H groups in total. The van der Waals surface area contributed by atoms with Gasteiger partial charge >= 0.3 is 6.09 Å². The van der Waals surface area contributed by atoms with Gasteiger partial charge in [0, 0.05) is 24.2 Å². The first-order valence-electron chi connectivity index (χ1n) is 11.5. The number of aliphatic hydroxyl groups excluding tert-OH is 1. The van der Waals surface area contributed by atoms with Crippen molar-refractivity contribution in [3.63, 3.8) is 0 Å². The Morgan fingerprint density at radius 1 is 1.19 bits per heavy atom. The fourth-order valence-corrected chi connectivity index (χ4v) is 4.57. The van der Waals surface area contributed by atoms with E-state index < -0.39 is 33.4 Å². The summed E-state index contributed by atoms with van der Waals surface area (Å²) < 4.78 is 36.3. The average molecular weight is 522 g/mol. The molecule has 1 unspecified atom stereocenters. The molecule has 1 amide bonds. The number of anilines is 2. The maximum atomic E-state index is 12.8. The van der Waals surface area contributed by atoms with Crippen molar-refractivity contribution >= 4 is 27.5 Å². The molecule has 1 aliphatic rings. The van der Waals surface area contributed by atoms with Crippen LogP contribution in [0.1, 0.15) is 51.3 Å². The number of β-amino-alcohol motifs (C(OH)–C–C–N with tert-alkyl or cyclic N) is 1. The monoisotopic (exact) mass is 521 g/mol. The van der Waals surface area contributed by atoms with Gasteiger partial charge in [-0.1, -0.05) is 6.07 Å². The van der Waals surface area contributed by atoms with Gasteiger partial charge in [-0.2, -0.15) is 0 Å². The smallest absolute Gasteiger partial charge is 0.415 e. The number of amides is 1. The lowest BCUT2D eigenvalue weighted by Gasteiger charge is -2.40. The van der Waals surface area contributed by atoms with E-state index in [1.54, 1.807) is 12.0 Å². The standard InChI is InChI=1S/C25H35N3O7S/c1-24(2,26-15-22(30)16-7-10-21(29)19(13-16)27-36(6,32)33)11-12-28-20-9-8-17(34-5)14-18(20)25(3,4)35-23(28)31/h7-10,13-14,22,26-27,29-30H,11-12,15H2,1-6H3. The molecule has 1 heterocycles. The van der Waals surface area contributed by atoms with Gasteiger partial charge in [0.2, 0.25) is 10.0 Å². The Hall–Kier alpha value is -3.02. The Balaban J connectivity index is 1.67. The molecule has 0 bridgehead atoms. The number of rotatable bonds is 10. The van der Waals surface area contributed by atoms with Crippen molar-refractivity contribution in [2.75, 3.05) is 36.1 Å². The summed E-state index contributed by atoms with van der Waals surface area (Å²) in [6.45, 7) is 8.15. The van der Waals surface area contributed by atoms with Gasteiger partial charge in [0.15, 0.2) is 0 Å². The number of hydrogen-bond donors (Lipinski definition) is 4. The molecule has 10 nitrogen and oxygen atoms in total. The highest BCUT2D eigenvalue weighted by Crippen LogP contribution is 2.41. The summed E-state index contributed by atoms with van der Waals surface area (Å²) in [6.07, 6.45) is 0.146. The van der Waals surface area contributed by atoms with Crippen LogP contribution in [0.5, 0.6) is 11.5 Å². The third-order valence-corrected chi connectivity index (χ3v) is 6.73. The Labute approximate surface area is 212 Å². The van der Waals surface area contributed by atoms with E-state index in [9.17, 15) is 23.4 Å². The van der Waals surface area contributed by atoms with Gasteiger partial charge in [-0.05, 0) is 70.0 Å². The van der Waals surface area contributed by atoms with E-state index in [0.717, 1.165) is 17.5 Å². The molecule has 1 aliphatic heterocycles. The molecule has 0 saturated heterocycles. The van der Waals surface area contributed by atoms with Crippen LogP contribution < -0.4 is 19.7 Å². The molecule has 0 saturated carbocycles. The van der Waals surface area contributed by atoms with Gasteiger partial charge in [0.1, 0.15) is 17.1 Å². The normalized spacial score (nSPS) is 16.2. The first-order valence-corrected chi connectivity index (χ1v) is 13.4. The predicted molar refractivity (Wildman–Crippen MR) is 138 cm³/mol. The summed E-state index contributed by atoms with van der Waals surface area (Å²) in [4.78, 5) is 14.4. The molecule has 0 aromatic heterocycles. The molecule has 0 spiro atoms. The number of nitrogens with zero attached hydrogens (tertiary/aromatic N) is 1. The molecular formula is C25H35N3O7S. The molecule has 3 rings (SSSR count). The largest absolute Gasteiger partial charge is 0.506 e. The molecule has 0 aliphatic carbocycles. The molecular weight excluding hydrogens is 486 g/mol. The van der Waals surface area contributed by atoms with Crippen LogP contribution >= 0.6 is 0 Å². The Bertz CT molecular complexity index is 1230. The van der Waals surface area contributed by atoms with Crippen LogP contribution in [0.15, 0.2) is 36.4 Å². The number of carbonyl (C=O) groups excluding carboxylic acids is 1. The van der Waals surface area contributed by atoms with E-state index in [4.69, 9.17) is 9.47 Å². The quantitative estimate of drug-likeness (QED) is 0.349. The van der Waals surface area contributed by atoms with Crippen LogP contribution in [-0.2, 0) is 20.4 Å². The van der Waals surface area contributed by atoms with Crippen LogP contribution in [-0.4, -0.2) is 56.7 Å². The average Bonchev–Trinajstić information content (AvgIpc) is 2.77. The third-order valence-electron chi connectivity index (χ3n) is 6.14. The summed E-state index contributed by atoms with van der Waals surface area (Å²) in [5.74, 6) is 0.444. The lowest BCUT2D eigenvalue weighted by molar-refractivity contribution is 0.0345. The highest BCUT2D eigenvalue weighted by atomic mass is 32.2. The van der Waals surface area contributed by atoms with Crippen LogP contribution in [0, 0.1) is 0 Å². The van der Waals surface area contributed by atoms with Crippen molar-refractivity contribution in [3.05, 3.63) is 47.5 Å². The molecule has 2 aromatic carbocycles. The summed E-state index contributed by atoms with van der Waals surface area (Å²) in [6, 6.07) is 9.79. The van der Waals surface area contributed by atoms with E-state index in [1.807, 2.05) is 45.9 Å². The molecule has 36 heavy (non-hydrogen) atoms. The topological polar surface area (TPSA) is 137 Å². The zero-order valence-corrected chi connectivity index (χ0v) is 22.3. The van der Waals surface area contributed by atoms with E-state index in [0.29, 0.717) is 24.3 Å². The number of ether oxygens (including phenoxy) is 2. The number of phenols is 1. The molecule has 11 heteroatoms. The number of sulfonamides is 1. The molecule has 0 fully saturated rings. The highest BCUT2D eigenvalue weighted by molar-refractivity contribution is 7.92. The van der Waals surface area contributed by atoms with Crippen molar-refractivity contribution in [1.82, 2.24) is 5.32 Å². The number of carbonyl (C=O) groups is 1. The number of phenolic OH excluding ortho intramolecular Hbond substituents is 1. The van der Waals surface area contributed by atoms with Crippen LogP contribution in [0.3, 0.4) is 0 Å². The van der Waals surface area contributed by atoms with E-state index in [1.165, 1.54) is 18.2 Å². The van der Waals surface area contributed by atoms with Gasteiger partial charge in [0.05, 0.1) is 30.8 Å². The summed E-state index contributed by atoms with van der Waals surface area (Å²) in [5, 5.41) is 23.9. The summed E-state index contributed by atoms with van der Waals surface area (Å²) >= 11 is 0. The Kier molecular flexibility index (Phi) is 7.77. The number of cyclic esters (lactones) is 1. The maximum absolute atomic E-state index is 12.8. The number of hydrogen-bond acceptors (Lipinski definition) is 8. The van der Waals surface area contributed by atoms with Crippen molar-refractivity contribution in [1.29, 1.82) is 0 Å². The Morgan fingerprint density at radius 3 is 2.53 bits per heavy atom. The molecule has 198 valence electrons. The maximum Gasteiger partial charge on any atom is 0.415 e. The number of aliphatic hydroxyl groups is 1. The van der Waals surface area contributed by atoms with Crippen molar-refractivity contribution < 1.29 is 32.9 Å². The van der Waals surface area contributed by atoms with E-state index in [2.05, 4.69) is 10.0 Å². The van der Waals surface area contributed by atoms with Crippen molar-refractivity contribution in [2.24, 2.45) is 0 Å². The molecule has 1 atom stereocenters. The van der Waals surface area contributed by atoms with Gasteiger partial charge in [-0.15, -0.1) is 0 Å². The Morgan fingerprint density at radius 2 is 1.89 bits per heavy atom. The van der Waals surface area contributed by atoms with Crippen molar-refractivity contribution in [2.45, 2.75) is 51.4 Å². The summed E-state index contributed by atoms with van der Waals surface area (Å²) in [7, 11) is -2.00. The SMILES string of the molecule is COc1ccc2c(c1)C(C)(C)OC(=O)N2CCC(C)(C)NCC(O)c1ccc(O)c(NS(C)(=O)=O)c1. The lowest BCUT2D eigenvalue weighted by Crippen LogP contribution is -2.48. The predicted octanol–water partition coefficient (Wildman–Crippen LogP) is 3.46. The fraction of sp³-hybridized carbons (Fsp3) is 0.480. The minimum Gasteiger partial charge on any atom is -0.506 e. The third kappa shape index (κ3) is 6.59. The second-order valence-corrected chi connectivity index (χ2v) is 11.8. The van der Waals surface area contributed by atoms with Crippen molar-refractivity contribution in [3.8, 4) is 11.5 Å².